The van der Waals surface area contributed by atoms with E-state index in [2.05, 4.69) is 15.5 Å². The first-order chi connectivity index (χ1) is 20.2. The van der Waals surface area contributed by atoms with Gasteiger partial charge in [-0.15, -0.1) is 0 Å². The zero-order chi connectivity index (χ0) is 30.3. The first kappa shape index (κ1) is 31.2. The average Bonchev–Trinajstić information content (AvgIpc) is 3.33. The van der Waals surface area contributed by atoms with Gasteiger partial charge in [0.25, 0.3) is 5.91 Å². The molecule has 0 aromatic heterocycles. The van der Waals surface area contributed by atoms with Gasteiger partial charge in [0.1, 0.15) is 0 Å². The van der Waals surface area contributed by atoms with E-state index in [-0.39, 0.29) is 25.0 Å². The number of benzene rings is 3. The van der Waals surface area contributed by atoms with Crippen LogP contribution < -0.4 is 20.8 Å². The summed E-state index contributed by atoms with van der Waals surface area (Å²) in [4.78, 5) is 29.9. The molecule has 0 aliphatic carbocycles. The number of nitrogens with one attached hydrogen (secondary N) is 2. The smallest absolute Gasteiger partial charge is 0.354 e. The van der Waals surface area contributed by atoms with Crippen LogP contribution in [0, 0.1) is 0 Å². The monoisotopic (exact) mass is 590 g/mol. The number of carbonyl (C=O) groups excluding carboxylic acids is 2. The van der Waals surface area contributed by atoms with Crippen LogP contribution in [0.1, 0.15) is 38.8 Å². The topological polar surface area (TPSA) is 100 Å². The number of hydrogen-bond acceptors (Lipinski definition) is 7. The molecule has 0 saturated heterocycles. The fraction of sp³-hybridized carbons (Fsp3) is 0.312. The van der Waals surface area contributed by atoms with Gasteiger partial charge in [0.2, 0.25) is 5.91 Å². The molecule has 222 valence electrons. The maximum atomic E-state index is 13.5. The van der Waals surface area contributed by atoms with Crippen molar-refractivity contribution in [3.63, 3.8) is 0 Å². The highest BCUT2D eigenvalue weighted by Gasteiger charge is 2.33. The van der Waals surface area contributed by atoms with E-state index >= 15 is 0 Å². The summed E-state index contributed by atoms with van der Waals surface area (Å²) in [6.45, 7) is 10.0. The zero-order valence-electron chi connectivity index (χ0n) is 24.8. The highest BCUT2D eigenvalue weighted by atomic mass is 31.2. The number of rotatable bonds is 13. The van der Waals surface area contributed by atoms with Crippen LogP contribution in [0.5, 0.6) is 0 Å². The number of nitrogens with zero attached hydrogens (tertiary/aromatic N) is 2. The molecule has 4 rings (SSSR count). The predicted molar refractivity (Wildman–Crippen MR) is 170 cm³/mol. The van der Waals surface area contributed by atoms with E-state index in [0.29, 0.717) is 34.4 Å². The molecule has 9 nitrogen and oxygen atoms in total. The lowest BCUT2D eigenvalue weighted by atomic mass is 10.00. The summed E-state index contributed by atoms with van der Waals surface area (Å²) in [5, 5.41) is 6.75. The van der Waals surface area contributed by atoms with Crippen molar-refractivity contribution in [1.29, 1.82) is 0 Å². The molecule has 2 N–H and O–H groups in total. The Bertz CT molecular complexity index is 1480. The number of anilines is 3. The lowest BCUT2D eigenvalue weighted by Crippen LogP contribution is -2.38. The second-order valence-electron chi connectivity index (χ2n) is 9.72. The van der Waals surface area contributed by atoms with E-state index in [1.54, 1.807) is 44.0 Å². The fourth-order valence-corrected chi connectivity index (χ4v) is 6.38. The molecule has 0 fully saturated rings. The third kappa shape index (κ3) is 6.82. The van der Waals surface area contributed by atoms with E-state index in [0.717, 1.165) is 30.0 Å². The van der Waals surface area contributed by atoms with Crippen molar-refractivity contribution in [2.45, 2.75) is 27.7 Å². The van der Waals surface area contributed by atoms with E-state index in [1.165, 1.54) is 0 Å². The fourth-order valence-electron chi connectivity index (χ4n) is 4.79. The Labute approximate surface area is 248 Å². The molecular formula is C32H39N4O5P. The molecule has 42 heavy (non-hydrogen) atoms. The summed E-state index contributed by atoms with van der Waals surface area (Å²) in [5.74, 6) is -0.271. The Hall–Kier alpha value is -3.75. The normalized spacial score (nSPS) is 14.0. The lowest BCUT2D eigenvalue weighted by molar-refractivity contribution is -0.119. The van der Waals surface area contributed by atoms with Crippen LogP contribution in [0.4, 0.5) is 17.1 Å². The van der Waals surface area contributed by atoms with Crippen molar-refractivity contribution >= 4 is 53.0 Å². The van der Waals surface area contributed by atoms with E-state index in [1.807, 2.05) is 68.4 Å². The van der Waals surface area contributed by atoms with Crippen molar-refractivity contribution in [2.24, 2.45) is 0 Å². The largest absolute Gasteiger partial charge is 0.361 e. The number of hydrogen-bond donors (Lipinski definition) is 2. The molecule has 1 aliphatic heterocycles. The van der Waals surface area contributed by atoms with Gasteiger partial charge in [-0.2, -0.15) is 0 Å². The second-order valence-corrected chi connectivity index (χ2v) is 11.7. The molecule has 1 aliphatic rings. The van der Waals surface area contributed by atoms with Gasteiger partial charge in [-0.3, -0.25) is 19.1 Å². The SMILES string of the molecule is CCOP(=O)(OCC)c1ccc2c(c1)C(=C(Nc1ccc(N(C)C(=O)CN(CC)CC)cc1)c1ccccc1)C(=O)N2. The summed E-state index contributed by atoms with van der Waals surface area (Å²) in [6.07, 6.45) is 0. The minimum atomic E-state index is -3.57. The highest BCUT2D eigenvalue weighted by Crippen LogP contribution is 2.48. The average molecular weight is 591 g/mol. The molecule has 1 heterocycles. The number of amides is 2. The summed E-state index contributed by atoms with van der Waals surface area (Å²) in [5.41, 5.74) is 4.51. The van der Waals surface area contributed by atoms with E-state index < -0.39 is 7.60 Å². The Morgan fingerprint density at radius 2 is 1.55 bits per heavy atom. The maximum absolute atomic E-state index is 13.5. The summed E-state index contributed by atoms with van der Waals surface area (Å²) < 4.78 is 24.7. The van der Waals surface area contributed by atoms with E-state index in [4.69, 9.17) is 9.05 Å². The Kier molecular flexibility index (Phi) is 10.4. The predicted octanol–water partition coefficient (Wildman–Crippen LogP) is 5.82. The quantitative estimate of drug-likeness (QED) is 0.191. The van der Waals surface area contributed by atoms with E-state index in [9.17, 15) is 14.2 Å². The van der Waals surface area contributed by atoms with Crippen LogP contribution in [-0.4, -0.2) is 56.6 Å². The Balaban J connectivity index is 1.72. The van der Waals surface area contributed by atoms with Crippen molar-refractivity contribution < 1.29 is 23.2 Å². The maximum Gasteiger partial charge on any atom is 0.361 e. The van der Waals surface area contributed by atoms with Crippen molar-refractivity contribution in [2.75, 3.05) is 55.4 Å². The second kappa shape index (κ2) is 13.9. The van der Waals surface area contributed by atoms with Crippen molar-refractivity contribution in [3.8, 4) is 0 Å². The van der Waals surface area contributed by atoms with Gasteiger partial charge in [0.05, 0.1) is 36.3 Å². The lowest BCUT2D eigenvalue weighted by Gasteiger charge is -2.23. The van der Waals surface area contributed by atoms with Gasteiger partial charge in [-0.25, -0.2) is 0 Å². The highest BCUT2D eigenvalue weighted by molar-refractivity contribution is 7.62. The van der Waals surface area contributed by atoms with Crippen molar-refractivity contribution in [1.82, 2.24) is 4.90 Å². The molecule has 0 saturated carbocycles. The van der Waals surface area contributed by atoms with Gasteiger partial charge >= 0.3 is 7.60 Å². The molecule has 10 heteroatoms. The molecule has 0 unspecified atom stereocenters. The minimum absolute atomic E-state index is 0.0120. The molecule has 0 spiro atoms. The standard InChI is InChI=1S/C32H39N4O5P/c1-6-36(7-2)22-29(37)35(5)25-17-15-24(16-18-25)33-31(23-13-11-10-12-14-23)30-27-21-26(19-20-28(27)34-32(30)38)42(39,40-8-3)41-9-4/h10-21,33H,6-9,22H2,1-5H3,(H,34,38). The van der Waals surface area contributed by atoms with Crippen LogP contribution in [0.3, 0.4) is 0 Å². The summed E-state index contributed by atoms with van der Waals surface area (Å²) in [6, 6.07) is 22.2. The zero-order valence-corrected chi connectivity index (χ0v) is 25.7. The Morgan fingerprint density at radius 3 is 2.14 bits per heavy atom. The molecule has 2 amide bonds. The number of fused-ring (bicyclic) bond motifs is 1. The van der Waals surface area contributed by atoms with Crippen LogP contribution >= 0.6 is 7.60 Å². The molecule has 3 aromatic carbocycles. The third-order valence-corrected chi connectivity index (χ3v) is 9.23. The number of likely N-dealkylation sites (N-methyl/N-ethyl adjacent to an activating group) is 2. The van der Waals surface area contributed by atoms with Crippen LogP contribution in [0.2, 0.25) is 0 Å². The third-order valence-electron chi connectivity index (χ3n) is 7.13. The summed E-state index contributed by atoms with van der Waals surface area (Å²) in [7, 11) is -1.80. The van der Waals surface area contributed by atoms with Crippen LogP contribution in [0.15, 0.2) is 72.8 Å². The van der Waals surface area contributed by atoms with Crippen LogP contribution in [0.25, 0.3) is 11.3 Å². The van der Waals surface area contributed by atoms with Gasteiger partial charge in [-0.1, -0.05) is 44.2 Å². The van der Waals surface area contributed by atoms with Crippen molar-refractivity contribution in [3.05, 3.63) is 83.9 Å². The minimum Gasteiger partial charge on any atom is -0.354 e. The van der Waals surface area contributed by atoms with Gasteiger partial charge in [-0.05, 0) is 75.0 Å². The molecule has 0 bridgehead atoms. The molecule has 3 aromatic rings. The van der Waals surface area contributed by atoms with Gasteiger partial charge in [0.15, 0.2) is 0 Å². The molecule has 0 radical (unpaired) electrons. The van der Waals surface area contributed by atoms with Crippen LogP contribution in [-0.2, 0) is 23.2 Å². The van der Waals surface area contributed by atoms with Gasteiger partial charge < -0.3 is 24.6 Å². The molecule has 0 atom stereocenters. The Morgan fingerprint density at radius 1 is 0.905 bits per heavy atom. The van der Waals surface area contributed by atoms with Gasteiger partial charge in [0, 0.05) is 29.7 Å². The number of carbonyl (C=O) groups is 2. The molecular weight excluding hydrogens is 551 g/mol. The summed E-state index contributed by atoms with van der Waals surface area (Å²) >= 11 is 0. The first-order valence-corrected chi connectivity index (χ1v) is 15.8. The first-order valence-electron chi connectivity index (χ1n) is 14.3.